The molecule has 0 aliphatic rings. The normalized spacial score (nSPS) is 13.0. The molecule has 1 atom stereocenters. The molecule has 0 radical (unpaired) electrons. The van der Waals surface area contributed by atoms with Crippen molar-refractivity contribution in [3.63, 3.8) is 0 Å². The topological polar surface area (TPSA) is 46.9 Å². The van der Waals surface area contributed by atoms with Gasteiger partial charge in [0.15, 0.2) is 0 Å². The van der Waals surface area contributed by atoms with Crippen LogP contribution in [0.3, 0.4) is 0 Å². The molecule has 0 bridgehead atoms. The molecule has 0 aliphatic carbocycles. The average Bonchev–Trinajstić information content (AvgIpc) is 2.90. The number of nitrogens with one attached hydrogen (secondary N) is 1. The van der Waals surface area contributed by atoms with E-state index in [0.717, 1.165) is 10.5 Å². The summed E-state index contributed by atoms with van der Waals surface area (Å²) < 4.78 is 40.7. The molecule has 118 valence electrons. The third kappa shape index (κ3) is 3.88. The predicted octanol–water partition coefficient (Wildman–Crippen LogP) is 3.54. The molecule has 22 heavy (non-hydrogen) atoms. The molecule has 2 rings (SSSR count). The van der Waals surface area contributed by atoms with Gasteiger partial charge in [-0.2, -0.15) is 18.3 Å². The van der Waals surface area contributed by atoms with E-state index < -0.39 is 23.7 Å². The van der Waals surface area contributed by atoms with Crippen LogP contribution in [-0.4, -0.2) is 15.7 Å². The molecule has 1 aromatic carbocycles. The van der Waals surface area contributed by atoms with Crippen LogP contribution in [0.15, 0.2) is 41.1 Å². The van der Waals surface area contributed by atoms with Crippen LogP contribution in [0.5, 0.6) is 0 Å². The maximum Gasteiger partial charge on any atom is 0.416 e. The summed E-state index contributed by atoms with van der Waals surface area (Å²) in [6.45, 7) is 1.42. The van der Waals surface area contributed by atoms with Crippen molar-refractivity contribution < 1.29 is 18.0 Å². The average molecular weight is 376 g/mol. The van der Waals surface area contributed by atoms with Crippen LogP contribution in [-0.2, 0) is 17.5 Å². The number of carbonyl (C=O) groups excluding carboxylic acids is 1. The van der Waals surface area contributed by atoms with Crippen molar-refractivity contribution in [2.75, 3.05) is 0 Å². The highest BCUT2D eigenvalue weighted by molar-refractivity contribution is 9.10. The number of hydrogen-bond donors (Lipinski definition) is 1. The molecule has 4 nitrogen and oxygen atoms in total. The molecule has 1 N–H and O–H groups in total. The van der Waals surface area contributed by atoms with E-state index in [9.17, 15) is 18.0 Å². The second-order valence-corrected chi connectivity index (χ2v) is 5.60. The molecule has 0 unspecified atom stereocenters. The van der Waals surface area contributed by atoms with Crippen molar-refractivity contribution in [3.05, 3.63) is 52.3 Å². The number of hydrogen-bond acceptors (Lipinski definition) is 2. The Labute approximate surface area is 133 Å². The number of amides is 1. The van der Waals surface area contributed by atoms with Gasteiger partial charge in [0, 0.05) is 12.7 Å². The van der Waals surface area contributed by atoms with Gasteiger partial charge in [-0.25, -0.2) is 0 Å². The fraction of sp³-hybridized carbons (Fsp3) is 0.286. The van der Waals surface area contributed by atoms with Gasteiger partial charge < -0.3 is 5.32 Å². The first-order valence-electron chi connectivity index (χ1n) is 6.41. The zero-order valence-electron chi connectivity index (χ0n) is 11.6. The maximum atomic E-state index is 12.9. The third-order valence-corrected chi connectivity index (χ3v) is 3.53. The van der Waals surface area contributed by atoms with Crippen molar-refractivity contribution in [2.24, 2.45) is 0 Å². The van der Waals surface area contributed by atoms with Crippen LogP contribution in [0, 0.1) is 0 Å². The van der Waals surface area contributed by atoms with Gasteiger partial charge in [0.05, 0.1) is 16.2 Å². The monoisotopic (exact) mass is 375 g/mol. The van der Waals surface area contributed by atoms with E-state index in [4.69, 9.17) is 0 Å². The minimum Gasteiger partial charge on any atom is -0.350 e. The predicted molar refractivity (Wildman–Crippen MR) is 77.9 cm³/mol. The van der Waals surface area contributed by atoms with Crippen LogP contribution >= 0.6 is 15.9 Å². The fourth-order valence-electron chi connectivity index (χ4n) is 1.93. The van der Waals surface area contributed by atoms with Crippen molar-refractivity contribution in [2.45, 2.75) is 25.7 Å². The number of nitrogens with zero attached hydrogens (tertiary/aromatic N) is 2. The Morgan fingerprint density at radius 3 is 2.68 bits per heavy atom. The van der Waals surface area contributed by atoms with E-state index >= 15 is 0 Å². The SMILES string of the molecule is C[C@@H](C(=O)NCc1ccccc1C(F)(F)F)n1cc(Br)cn1. The number of carbonyl (C=O) groups is 1. The fourth-order valence-corrected chi connectivity index (χ4v) is 2.23. The second-order valence-electron chi connectivity index (χ2n) is 4.69. The highest BCUT2D eigenvalue weighted by Gasteiger charge is 2.32. The quantitative estimate of drug-likeness (QED) is 0.888. The standard InChI is InChI=1S/C14H13BrF3N3O/c1-9(21-8-11(15)7-20-21)13(22)19-6-10-4-2-3-5-12(10)14(16,17)18/h2-5,7-9H,6H2,1H3,(H,19,22)/t9-/m0/s1. The Bertz CT molecular complexity index is 669. The first-order chi connectivity index (χ1) is 10.3. The van der Waals surface area contributed by atoms with Gasteiger partial charge in [-0.3, -0.25) is 9.48 Å². The van der Waals surface area contributed by atoms with Gasteiger partial charge in [-0.05, 0) is 34.5 Å². The Balaban J connectivity index is 2.06. The smallest absolute Gasteiger partial charge is 0.350 e. The van der Waals surface area contributed by atoms with Crippen molar-refractivity contribution in [3.8, 4) is 0 Å². The number of aromatic nitrogens is 2. The van der Waals surface area contributed by atoms with Crippen LogP contribution in [0.25, 0.3) is 0 Å². The minimum absolute atomic E-state index is 0.0252. The van der Waals surface area contributed by atoms with Crippen LogP contribution in [0.2, 0.25) is 0 Å². The Hall–Kier alpha value is -1.83. The number of benzene rings is 1. The number of rotatable bonds is 4. The van der Waals surface area contributed by atoms with E-state index in [1.54, 1.807) is 13.1 Å². The Morgan fingerprint density at radius 1 is 1.41 bits per heavy atom. The molecule has 1 heterocycles. The van der Waals surface area contributed by atoms with Crippen LogP contribution in [0.1, 0.15) is 24.1 Å². The van der Waals surface area contributed by atoms with Crippen molar-refractivity contribution >= 4 is 21.8 Å². The summed E-state index contributed by atoms with van der Waals surface area (Å²) >= 11 is 3.22. The molecule has 0 aliphatic heterocycles. The zero-order valence-corrected chi connectivity index (χ0v) is 13.1. The summed E-state index contributed by atoms with van der Waals surface area (Å²) in [5, 5.41) is 6.48. The minimum atomic E-state index is -4.44. The van der Waals surface area contributed by atoms with Gasteiger partial charge in [-0.1, -0.05) is 18.2 Å². The summed E-state index contributed by atoms with van der Waals surface area (Å²) in [4.78, 5) is 12.0. The Morgan fingerprint density at radius 2 is 2.09 bits per heavy atom. The van der Waals surface area contributed by atoms with E-state index in [1.807, 2.05) is 0 Å². The van der Waals surface area contributed by atoms with E-state index in [-0.39, 0.29) is 12.1 Å². The number of alkyl halides is 3. The van der Waals surface area contributed by atoms with Gasteiger partial charge in [0.2, 0.25) is 5.91 Å². The summed E-state index contributed by atoms with van der Waals surface area (Å²) in [7, 11) is 0. The zero-order chi connectivity index (χ0) is 16.3. The largest absolute Gasteiger partial charge is 0.416 e. The summed E-state index contributed by atoms with van der Waals surface area (Å²) in [6.07, 6.45) is -1.30. The molecular formula is C14H13BrF3N3O. The molecule has 0 spiro atoms. The molecule has 0 fully saturated rings. The molecule has 0 saturated carbocycles. The lowest BCUT2D eigenvalue weighted by atomic mass is 10.1. The third-order valence-electron chi connectivity index (χ3n) is 3.12. The van der Waals surface area contributed by atoms with Gasteiger partial charge in [0.1, 0.15) is 6.04 Å². The first kappa shape index (κ1) is 16.5. The lowest BCUT2D eigenvalue weighted by Gasteiger charge is -2.15. The lowest BCUT2D eigenvalue weighted by molar-refractivity contribution is -0.138. The summed E-state index contributed by atoms with van der Waals surface area (Å²) in [5.41, 5.74) is -0.720. The van der Waals surface area contributed by atoms with Gasteiger partial charge in [0.25, 0.3) is 0 Å². The molecule has 2 aromatic rings. The molecule has 1 amide bonds. The Kier molecular flexibility index (Phi) is 4.90. The van der Waals surface area contributed by atoms with Crippen LogP contribution < -0.4 is 5.32 Å². The van der Waals surface area contributed by atoms with E-state index in [1.165, 1.54) is 29.1 Å². The number of halogens is 4. The van der Waals surface area contributed by atoms with E-state index in [2.05, 4.69) is 26.3 Å². The first-order valence-corrected chi connectivity index (χ1v) is 7.21. The summed E-state index contributed by atoms with van der Waals surface area (Å²) in [5.74, 6) is -0.410. The molecule has 1 aromatic heterocycles. The lowest BCUT2D eigenvalue weighted by Crippen LogP contribution is -2.31. The summed E-state index contributed by atoms with van der Waals surface area (Å²) in [6, 6.07) is 4.54. The molecular weight excluding hydrogens is 363 g/mol. The second kappa shape index (κ2) is 6.51. The highest BCUT2D eigenvalue weighted by atomic mass is 79.9. The van der Waals surface area contributed by atoms with Crippen LogP contribution in [0.4, 0.5) is 13.2 Å². The van der Waals surface area contributed by atoms with Crippen molar-refractivity contribution in [1.29, 1.82) is 0 Å². The van der Waals surface area contributed by atoms with Gasteiger partial charge >= 0.3 is 6.18 Å². The maximum absolute atomic E-state index is 12.9. The molecule has 0 saturated heterocycles. The van der Waals surface area contributed by atoms with Gasteiger partial charge in [-0.15, -0.1) is 0 Å². The van der Waals surface area contributed by atoms with Crippen molar-refractivity contribution in [1.82, 2.24) is 15.1 Å². The molecule has 8 heteroatoms. The highest BCUT2D eigenvalue weighted by Crippen LogP contribution is 2.31. The van der Waals surface area contributed by atoms with E-state index in [0.29, 0.717) is 0 Å².